The zero-order valence-corrected chi connectivity index (χ0v) is 13.9. The average molecular weight is 356 g/mol. The maximum absolute atomic E-state index is 13.4. The highest BCUT2D eigenvalue weighted by molar-refractivity contribution is 9.10. The van der Waals surface area contributed by atoms with E-state index in [1.165, 1.54) is 31.7 Å². The van der Waals surface area contributed by atoms with Crippen molar-refractivity contribution < 1.29 is 4.39 Å². The number of halogens is 2. The van der Waals surface area contributed by atoms with E-state index >= 15 is 0 Å². The Morgan fingerprint density at radius 2 is 2.05 bits per heavy atom. The van der Waals surface area contributed by atoms with E-state index in [9.17, 15) is 4.39 Å². The summed E-state index contributed by atoms with van der Waals surface area (Å²) in [4.78, 5) is 2.53. The molecule has 2 aliphatic heterocycles. The number of benzene rings is 1. The lowest BCUT2D eigenvalue weighted by molar-refractivity contribution is 0.112. The van der Waals surface area contributed by atoms with Gasteiger partial charge in [0.15, 0.2) is 0 Å². The third-order valence-electron chi connectivity index (χ3n) is 5.37. The molecule has 116 valence electrons. The number of nitrogens with zero attached hydrogens (tertiary/aromatic N) is 1. The van der Waals surface area contributed by atoms with E-state index in [1.54, 1.807) is 12.1 Å². The minimum Gasteiger partial charge on any atom is -0.300 e. The third-order valence-corrected chi connectivity index (χ3v) is 6.14. The highest BCUT2D eigenvalue weighted by atomic mass is 79.9. The van der Waals surface area contributed by atoms with Gasteiger partial charge in [-0.2, -0.15) is 0 Å². The first-order chi connectivity index (χ1) is 10.1. The highest BCUT2D eigenvalue weighted by Crippen LogP contribution is 2.39. The minimum absolute atomic E-state index is 0.188. The lowest BCUT2D eigenvalue weighted by Gasteiger charge is -2.39. The molecular formula is C16H23BrFN3. The zero-order chi connectivity index (χ0) is 15.0. The molecule has 1 aromatic carbocycles. The van der Waals surface area contributed by atoms with Crippen LogP contribution in [0.5, 0.6) is 0 Å². The van der Waals surface area contributed by atoms with Crippen molar-refractivity contribution in [3.8, 4) is 0 Å². The molecule has 0 saturated carbocycles. The van der Waals surface area contributed by atoms with Crippen molar-refractivity contribution in [3.05, 3.63) is 34.1 Å². The molecule has 3 atom stereocenters. The van der Waals surface area contributed by atoms with Gasteiger partial charge in [0.25, 0.3) is 0 Å². The Bertz CT molecular complexity index is 496. The number of hydrogen-bond donors (Lipinski definition) is 2. The Labute approximate surface area is 134 Å². The number of piperidine rings is 1. The molecule has 5 heteroatoms. The molecule has 0 aromatic heterocycles. The Hall–Kier alpha value is -0.490. The van der Waals surface area contributed by atoms with Gasteiger partial charge in [-0.25, -0.2) is 4.39 Å². The molecule has 0 aliphatic carbocycles. The van der Waals surface area contributed by atoms with Crippen LogP contribution in [0.4, 0.5) is 4.39 Å². The molecule has 1 aromatic rings. The van der Waals surface area contributed by atoms with Crippen LogP contribution in [0.1, 0.15) is 31.2 Å². The highest BCUT2D eigenvalue weighted by Gasteiger charge is 2.40. The van der Waals surface area contributed by atoms with E-state index in [4.69, 9.17) is 5.84 Å². The quantitative estimate of drug-likeness (QED) is 0.644. The lowest BCUT2D eigenvalue weighted by atomic mass is 9.83. The van der Waals surface area contributed by atoms with Crippen molar-refractivity contribution in [1.82, 2.24) is 10.3 Å². The largest absolute Gasteiger partial charge is 0.300 e. The van der Waals surface area contributed by atoms with Gasteiger partial charge in [0.1, 0.15) is 5.82 Å². The molecule has 3 nitrogen and oxygen atoms in total. The summed E-state index contributed by atoms with van der Waals surface area (Å²) in [5, 5.41) is 0. The monoisotopic (exact) mass is 355 g/mol. The van der Waals surface area contributed by atoms with Crippen LogP contribution in [0.15, 0.2) is 22.7 Å². The predicted molar refractivity (Wildman–Crippen MR) is 86.2 cm³/mol. The molecule has 2 bridgehead atoms. The van der Waals surface area contributed by atoms with Crippen LogP contribution < -0.4 is 11.3 Å². The van der Waals surface area contributed by atoms with Crippen LogP contribution in [-0.2, 0) is 6.42 Å². The van der Waals surface area contributed by atoms with Gasteiger partial charge in [-0.15, -0.1) is 0 Å². The zero-order valence-electron chi connectivity index (χ0n) is 12.4. The summed E-state index contributed by atoms with van der Waals surface area (Å²) in [6.45, 7) is 0. The maximum atomic E-state index is 13.4. The van der Waals surface area contributed by atoms with Gasteiger partial charge in [0.05, 0.1) is 0 Å². The van der Waals surface area contributed by atoms with Crippen molar-refractivity contribution in [3.63, 3.8) is 0 Å². The summed E-state index contributed by atoms with van der Waals surface area (Å²) in [5.74, 6) is 6.19. The van der Waals surface area contributed by atoms with Crippen LogP contribution in [0.2, 0.25) is 0 Å². The normalized spacial score (nSPS) is 30.6. The molecule has 2 saturated heterocycles. The first-order valence-electron chi connectivity index (χ1n) is 7.70. The van der Waals surface area contributed by atoms with Crippen LogP contribution in [0.25, 0.3) is 0 Å². The number of rotatable bonds is 4. The van der Waals surface area contributed by atoms with E-state index in [0.717, 1.165) is 16.5 Å². The van der Waals surface area contributed by atoms with Crippen LogP contribution >= 0.6 is 15.9 Å². The SMILES string of the molecule is CN1C2CCC1CC(C(Cc1cc(F)ccc1Br)NN)C2. The number of fused-ring (bicyclic) bond motifs is 2. The van der Waals surface area contributed by atoms with Gasteiger partial charge in [0.2, 0.25) is 0 Å². The van der Waals surface area contributed by atoms with Crippen molar-refractivity contribution in [2.24, 2.45) is 11.8 Å². The molecule has 2 aliphatic rings. The van der Waals surface area contributed by atoms with E-state index in [2.05, 4.69) is 33.3 Å². The molecule has 0 spiro atoms. The fourth-order valence-electron chi connectivity index (χ4n) is 4.08. The molecule has 3 N–H and O–H groups in total. The molecular weight excluding hydrogens is 333 g/mol. The number of hydrazine groups is 1. The lowest BCUT2D eigenvalue weighted by Crippen LogP contribution is -2.49. The van der Waals surface area contributed by atoms with Gasteiger partial charge < -0.3 is 4.90 Å². The maximum Gasteiger partial charge on any atom is 0.123 e. The standard InChI is InChI=1S/C16H23BrFN3/c1-21-13-3-4-14(21)8-11(7-13)16(20-19)9-10-6-12(18)2-5-15(10)17/h2,5-6,11,13-14,16,20H,3-4,7-9,19H2,1H3. The van der Waals surface area contributed by atoms with Gasteiger partial charge in [-0.1, -0.05) is 15.9 Å². The fourth-order valence-corrected chi connectivity index (χ4v) is 4.49. The smallest absolute Gasteiger partial charge is 0.123 e. The van der Waals surface area contributed by atoms with Crippen LogP contribution in [-0.4, -0.2) is 30.1 Å². The summed E-state index contributed by atoms with van der Waals surface area (Å²) in [5.41, 5.74) is 3.98. The number of nitrogens with two attached hydrogens (primary N) is 1. The molecule has 3 unspecified atom stereocenters. The molecule has 3 rings (SSSR count). The van der Waals surface area contributed by atoms with Crippen molar-refractivity contribution in [2.45, 2.75) is 50.2 Å². The Balaban J connectivity index is 1.72. The second-order valence-corrected chi connectivity index (χ2v) is 7.35. The summed E-state index contributed by atoms with van der Waals surface area (Å²) < 4.78 is 14.4. The average Bonchev–Trinajstić information content (AvgIpc) is 2.69. The van der Waals surface area contributed by atoms with Gasteiger partial charge >= 0.3 is 0 Å². The summed E-state index contributed by atoms with van der Waals surface area (Å²) >= 11 is 3.51. The first-order valence-corrected chi connectivity index (χ1v) is 8.49. The molecule has 2 fully saturated rings. The van der Waals surface area contributed by atoms with Gasteiger partial charge in [-0.3, -0.25) is 11.3 Å². The molecule has 21 heavy (non-hydrogen) atoms. The van der Waals surface area contributed by atoms with Gasteiger partial charge in [-0.05, 0) is 68.8 Å². The van der Waals surface area contributed by atoms with Crippen molar-refractivity contribution in [2.75, 3.05) is 7.05 Å². The summed E-state index contributed by atoms with van der Waals surface area (Å²) in [6.07, 6.45) is 5.75. The van der Waals surface area contributed by atoms with E-state index in [0.29, 0.717) is 18.0 Å². The van der Waals surface area contributed by atoms with Crippen molar-refractivity contribution >= 4 is 15.9 Å². The van der Waals surface area contributed by atoms with Crippen molar-refractivity contribution in [1.29, 1.82) is 0 Å². The van der Waals surface area contributed by atoms with Crippen LogP contribution in [0, 0.1) is 11.7 Å². The second-order valence-electron chi connectivity index (χ2n) is 6.49. The summed E-state index contributed by atoms with van der Waals surface area (Å²) in [6, 6.07) is 6.46. The fraction of sp³-hybridized carbons (Fsp3) is 0.625. The molecule has 0 radical (unpaired) electrons. The topological polar surface area (TPSA) is 41.3 Å². The van der Waals surface area contributed by atoms with E-state index in [1.807, 2.05) is 0 Å². The van der Waals surface area contributed by atoms with Gasteiger partial charge in [0, 0.05) is 22.6 Å². The number of hydrogen-bond acceptors (Lipinski definition) is 3. The predicted octanol–water partition coefficient (Wildman–Crippen LogP) is 2.84. The summed E-state index contributed by atoms with van der Waals surface area (Å²) in [7, 11) is 2.24. The number of nitrogens with one attached hydrogen (secondary N) is 1. The molecule has 2 heterocycles. The Morgan fingerprint density at radius 1 is 1.38 bits per heavy atom. The van der Waals surface area contributed by atoms with E-state index < -0.39 is 0 Å². The second kappa shape index (κ2) is 6.32. The Kier molecular flexibility index (Phi) is 4.64. The molecule has 0 amide bonds. The minimum atomic E-state index is -0.188. The van der Waals surface area contributed by atoms with E-state index in [-0.39, 0.29) is 11.9 Å². The third kappa shape index (κ3) is 3.16. The van der Waals surface area contributed by atoms with Crippen LogP contribution in [0.3, 0.4) is 0 Å². The Morgan fingerprint density at radius 3 is 2.67 bits per heavy atom. The first kappa shape index (κ1) is 15.4.